The summed E-state index contributed by atoms with van der Waals surface area (Å²) in [5.41, 5.74) is 2.09. The van der Waals surface area contributed by atoms with Crippen LogP contribution in [-0.2, 0) is 4.79 Å². The van der Waals surface area contributed by atoms with Crippen LogP contribution in [0.25, 0.3) is 0 Å². The largest absolute Gasteiger partial charge is 0.623 e. The maximum Gasteiger partial charge on any atom is 0.313 e. The molecule has 1 N–H and O–H groups in total. The fraction of sp³-hybridized carbons (Fsp3) is 0.0667. The number of anilines is 1. The van der Waals surface area contributed by atoms with Gasteiger partial charge in [-0.15, -0.1) is 0 Å². The van der Waals surface area contributed by atoms with Crippen molar-refractivity contribution in [1.29, 1.82) is 0 Å². The molecule has 2 aromatic carbocycles. The van der Waals surface area contributed by atoms with Crippen LogP contribution in [0.2, 0.25) is 5.02 Å². The smallest absolute Gasteiger partial charge is 0.313 e. The number of nitrogens with one attached hydrogen (secondary N) is 1. The lowest BCUT2D eigenvalue weighted by molar-refractivity contribution is -0.489. The van der Waals surface area contributed by atoms with Crippen LogP contribution in [0.4, 0.5) is 5.69 Å². The van der Waals surface area contributed by atoms with Crippen molar-refractivity contribution in [2.24, 2.45) is 0 Å². The van der Waals surface area contributed by atoms with E-state index in [2.05, 4.69) is 5.32 Å². The highest BCUT2D eigenvalue weighted by molar-refractivity contribution is 6.32. The van der Waals surface area contributed by atoms with Crippen molar-refractivity contribution in [3.05, 3.63) is 69.9 Å². The second kappa shape index (κ2) is 4.98. The molecule has 3 rings (SSSR count). The van der Waals surface area contributed by atoms with Crippen molar-refractivity contribution < 1.29 is 9.53 Å². The monoisotopic (exact) mass is 286 g/mol. The molecule has 1 amide bonds. The number of halogens is 1. The highest BCUT2D eigenvalue weighted by Crippen LogP contribution is 2.34. The van der Waals surface area contributed by atoms with Crippen molar-refractivity contribution in [2.45, 2.75) is 6.04 Å². The zero-order chi connectivity index (χ0) is 14.1. The van der Waals surface area contributed by atoms with Gasteiger partial charge in [0.2, 0.25) is 12.3 Å². The molecule has 0 aromatic heterocycles. The Balaban J connectivity index is 2.23. The molecule has 0 radical (unpaired) electrons. The molecule has 2 aromatic rings. The van der Waals surface area contributed by atoms with Gasteiger partial charge in [0.05, 0.1) is 11.3 Å². The van der Waals surface area contributed by atoms with E-state index >= 15 is 0 Å². The summed E-state index contributed by atoms with van der Waals surface area (Å²) in [6.07, 6.45) is 1.02. The number of rotatable bonds is 1. The van der Waals surface area contributed by atoms with Crippen LogP contribution in [0, 0.1) is 5.21 Å². The molecule has 0 spiro atoms. The number of nitrogens with zero attached hydrogens (tertiary/aromatic N) is 1. The van der Waals surface area contributed by atoms with Crippen molar-refractivity contribution in [2.75, 3.05) is 5.32 Å². The Bertz CT molecular complexity index is 698. The van der Waals surface area contributed by atoms with Gasteiger partial charge in [0, 0.05) is 10.6 Å². The highest BCUT2D eigenvalue weighted by Gasteiger charge is 2.29. The first-order valence-electron chi connectivity index (χ1n) is 6.11. The number of carbonyl (C=O) groups is 1. The molecule has 0 saturated heterocycles. The summed E-state index contributed by atoms with van der Waals surface area (Å²) in [5.74, 6) is -0.443. The van der Waals surface area contributed by atoms with Crippen LogP contribution in [0.3, 0.4) is 0 Å². The number of fused-ring (bicyclic) bond motifs is 1. The maximum absolute atomic E-state index is 12.3. The van der Waals surface area contributed by atoms with Gasteiger partial charge in [-0.3, -0.25) is 4.79 Å². The number of hydroxylamine groups is 1. The van der Waals surface area contributed by atoms with Crippen LogP contribution in [0.5, 0.6) is 0 Å². The lowest BCUT2D eigenvalue weighted by Gasteiger charge is -2.17. The third-order valence-electron chi connectivity index (χ3n) is 3.18. The Morgan fingerprint density at radius 3 is 2.65 bits per heavy atom. The Labute approximate surface area is 120 Å². The minimum Gasteiger partial charge on any atom is -0.623 e. The molecule has 1 atom stereocenters. The number of benzene rings is 2. The second-order valence-electron chi connectivity index (χ2n) is 4.52. The average molecular weight is 287 g/mol. The molecule has 0 aliphatic carbocycles. The van der Waals surface area contributed by atoms with Crippen LogP contribution in [0.1, 0.15) is 17.2 Å². The first-order valence-corrected chi connectivity index (χ1v) is 6.48. The van der Waals surface area contributed by atoms with Gasteiger partial charge in [-0.2, -0.15) is 4.74 Å². The van der Waals surface area contributed by atoms with E-state index in [4.69, 9.17) is 11.6 Å². The molecular formula is C15H11ClN2O2. The summed E-state index contributed by atoms with van der Waals surface area (Å²) in [6, 6.07) is 13.8. The SMILES string of the molecule is O=C1C=[N+]([O-])[C@H](c2ccccc2)c2cc(Cl)ccc2N1. The Kier molecular flexibility index (Phi) is 3.16. The summed E-state index contributed by atoms with van der Waals surface area (Å²) < 4.78 is 0.660. The summed E-state index contributed by atoms with van der Waals surface area (Å²) in [7, 11) is 0. The first kappa shape index (κ1) is 12.7. The Morgan fingerprint density at radius 2 is 1.90 bits per heavy atom. The molecule has 5 heteroatoms. The number of amides is 1. The van der Waals surface area contributed by atoms with Gasteiger partial charge in [-0.1, -0.05) is 41.9 Å². The predicted molar refractivity (Wildman–Crippen MR) is 78.1 cm³/mol. The minimum atomic E-state index is -0.594. The fourth-order valence-corrected chi connectivity index (χ4v) is 2.51. The van der Waals surface area contributed by atoms with Gasteiger partial charge in [0.25, 0.3) is 0 Å². The van der Waals surface area contributed by atoms with E-state index in [1.54, 1.807) is 18.2 Å². The van der Waals surface area contributed by atoms with Gasteiger partial charge in [-0.05, 0) is 18.2 Å². The standard InChI is InChI=1S/C15H11ClN2O2/c16-11-6-7-13-12(8-11)15(10-4-2-1-3-5-10)18(20)9-14(19)17-13/h1-9,15H,(H,17,19)/t15-/m1/s1. The van der Waals surface area contributed by atoms with E-state index in [9.17, 15) is 10.0 Å². The van der Waals surface area contributed by atoms with E-state index in [0.717, 1.165) is 11.8 Å². The van der Waals surface area contributed by atoms with Gasteiger partial charge >= 0.3 is 5.91 Å². The molecule has 4 nitrogen and oxygen atoms in total. The quantitative estimate of drug-likeness (QED) is 0.647. The number of hydrogen-bond donors (Lipinski definition) is 1. The van der Waals surface area contributed by atoms with E-state index in [1.807, 2.05) is 30.3 Å². The Morgan fingerprint density at radius 1 is 1.15 bits per heavy atom. The summed E-state index contributed by atoms with van der Waals surface area (Å²) in [5, 5.41) is 15.5. The summed E-state index contributed by atoms with van der Waals surface area (Å²) in [4.78, 5) is 11.7. The molecule has 0 unspecified atom stereocenters. The topological polar surface area (TPSA) is 55.2 Å². The predicted octanol–water partition coefficient (Wildman–Crippen LogP) is 2.96. The Hall–Kier alpha value is -2.33. The van der Waals surface area contributed by atoms with Crippen molar-refractivity contribution in [3.63, 3.8) is 0 Å². The summed E-state index contributed by atoms with van der Waals surface area (Å²) in [6.45, 7) is 0. The molecule has 100 valence electrons. The van der Waals surface area contributed by atoms with Crippen molar-refractivity contribution >= 4 is 29.4 Å². The molecule has 0 fully saturated rings. The zero-order valence-electron chi connectivity index (χ0n) is 10.4. The molecular weight excluding hydrogens is 276 g/mol. The third-order valence-corrected chi connectivity index (χ3v) is 3.42. The van der Waals surface area contributed by atoms with Gasteiger partial charge in [0.1, 0.15) is 0 Å². The highest BCUT2D eigenvalue weighted by atomic mass is 35.5. The van der Waals surface area contributed by atoms with Gasteiger partial charge in [-0.25, -0.2) is 0 Å². The van der Waals surface area contributed by atoms with E-state index in [1.165, 1.54) is 0 Å². The third kappa shape index (κ3) is 2.26. The van der Waals surface area contributed by atoms with Crippen molar-refractivity contribution in [3.8, 4) is 0 Å². The van der Waals surface area contributed by atoms with Gasteiger partial charge < -0.3 is 10.5 Å². The second-order valence-corrected chi connectivity index (χ2v) is 4.96. The first-order chi connectivity index (χ1) is 9.65. The number of hydrogen-bond acceptors (Lipinski definition) is 2. The zero-order valence-corrected chi connectivity index (χ0v) is 11.2. The van der Waals surface area contributed by atoms with Crippen LogP contribution < -0.4 is 5.32 Å². The summed E-state index contributed by atoms with van der Waals surface area (Å²) >= 11 is 6.02. The molecule has 0 saturated carbocycles. The maximum atomic E-state index is 12.3. The van der Waals surface area contributed by atoms with Crippen LogP contribution in [0.15, 0.2) is 48.5 Å². The fourth-order valence-electron chi connectivity index (χ4n) is 2.33. The lowest BCUT2D eigenvalue weighted by Crippen LogP contribution is -2.18. The lowest BCUT2D eigenvalue weighted by atomic mass is 9.97. The molecule has 20 heavy (non-hydrogen) atoms. The normalized spacial score (nSPS) is 17.8. The minimum absolute atomic E-state index is 0.443. The molecule has 1 aliphatic rings. The van der Waals surface area contributed by atoms with Crippen LogP contribution in [-0.4, -0.2) is 16.9 Å². The molecule has 1 heterocycles. The van der Waals surface area contributed by atoms with Crippen molar-refractivity contribution in [1.82, 2.24) is 0 Å². The molecule has 1 aliphatic heterocycles. The van der Waals surface area contributed by atoms with E-state index < -0.39 is 11.9 Å². The van der Waals surface area contributed by atoms with E-state index in [-0.39, 0.29) is 0 Å². The van der Waals surface area contributed by atoms with E-state index in [0.29, 0.717) is 21.0 Å². The molecule has 0 bridgehead atoms. The van der Waals surface area contributed by atoms with Gasteiger partial charge in [0.15, 0.2) is 0 Å². The average Bonchev–Trinajstić information content (AvgIpc) is 2.54. The van der Waals surface area contributed by atoms with Crippen LogP contribution >= 0.6 is 11.6 Å². The number of carbonyl (C=O) groups excluding carboxylic acids is 1.